The van der Waals surface area contributed by atoms with Gasteiger partial charge in [0.2, 0.25) is 0 Å². The van der Waals surface area contributed by atoms with Gasteiger partial charge in [-0.05, 0) is 0 Å². The summed E-state index contributed by atoms with van der Waals surface area (Å²) in [6, 6.07) is 0. The van der Waals surface area contributed by atoms with Crippen LogP contribution >= 0.6 is 0 Å². The van der Waals surface area contributed by atoms with Gasteiger partial charge >= 0.3 is 44.4 Å². The summed E-state index contributed by atoms with van der Waals surface area (Å²) in [5.74, 6) is 0. The summed E-state index contributed by atoms with van der Waals surface area (Å²) < 4.78 is 0. The Bertz CT molecular complexity index is 7.51. The molecule has 0 aromatic heterocycles. The van der Waals surface area contributed by atoms with Crippen molar-refractivity contribution >= 4 is 0 Å². The van der Waals surface area contributed by atoms with Gasteiger partial charge in [0.05, 0.1) is 0 Å². The average Bonchev–Trinajstić information content (AvgIpc) is 0. The molecule has 0 saturated heterocycles. The van der Waals surface area contributed by atoms with E-state index in [9.17, 15) is 0 Å². The Morgan fingerprint density at radius 3 is 0.500 bits per heavy atom. The quantitative estimate of drug-likeness (QED) is 0.389. The van der Waals surface area contributed by atoms with Crippen molar-refractivity contribution in [3.63, 3.8) is 0 Å². The third kappa shape index (κ3) is 30.6. The van der Waals surface area contributed by atoms with E-state index in [2.05, 4.69) is 0 Å². The molecule has 0 saturated carbocycles. The molecule has 0 heterocycles. The molecule has 0 unspecified atom stereocenters. The third-order valence-corrected chi connectivity index (χ3v) is 0. The van der Waals surface area contributed by atoms with Crippen molar-refractivity contribution in [1.29, 1.82) is 0 Å². The van der Waals surface area contributed by atoms with E-state index in [1.54, 1.807) is 0 Å². The molecule has 1 radical (unpaired) electrons. The number of hydrogen-bond acceptors (Lipinski definition) is 0. The molecule has 41 valence electrons. The first-order valence-corrected chi connectivity index (χ1v) is 0. The number of hydrogen-bond donors (Lipinski definition) is 0. The summed E-state index contributed by atoms with van der Waals surface area (Å²) in [5, 5.41) is 0. The Morgan fingerprint density at radius 2 is 0.500 bits per heavy atom. The van der Waals surface area contributed by atoms with Gasteiger partial charge in [0.15, 0.2) is 0 Å². The third-order valence-electron chi connectivity index (χ3n) is 0. The minimum absolute atomic E-state index is 0. The second-order valence-electron chi connectivity index (χ2n) is 0. The molecular formula is CdCl4Cu. The maximum atomic E-state index is 0. The first-order valence-electron chi connectivity index (χ1n) is 0. The van der Waals surface area contributed by atoms with Gasteiger partial charge in [0, 0.05) is 0 Å². The second kappa shape index (κ2) is 48.9. The molecule has 0 nitrogen and oxygen atoms in total. The number of halogens is 4. The van der Waals surface area contributed by atoms with Crippen molar-refractivity contribution in [3.05, 3.63) is 0 Å². The van der Waals surface area contributed by atoms with Crippen LogP contribution in [0, 0.1) is 0 Å². The topological polar surface area (TPSA) is 0 Å². The molecular weight excluding hydrogens is 318 g/mol. The first-order chi connectivity index (χ1) is 0. The summed E-state index contributed by atoms with van der Waals surface area (Å²) >= 11 is 0. The molecule has 0 aliphatic rings. The standard InChI is InChI=1S/Cd.4ClH.Cu/h;4*1H;/q+2;;;;;+2/p-4. The Balaban J connectivity index is 0. The normalized spacial score (nSPS) is 0. The van der Waals surface area contributed by atoms with Crippen molar-refractivity contribution in [2.24, 2.45) is 0 Å². The van der Waals surface area contributed by atoms with Gasteiger partial charge < -0.3 is 49.6 Å². The predicted octanol–water partition coefficient (Wildman–Crippen LogP) is -12.0. The summed E-state index contributed by atoms with van der Waals surface area (Å²) in [7, 11) is 0. The summed E-state index contributed by atoms with van der Waals surface area (Å²) in [5.41, 5.74) is 0. The van der Waals surface area contributed by atoms with Crippen molar-refractivity contribution < 1.29 is 94.0 Å². The molecule has 0 aliphatic carbocycles. The van der Waals surface area contributed by atoms with Crippen LogP contribution in [0.3, 0.4) is 0 Å². The zero-order valence-electron chi connectivity index (χ0n) is 2.52. The Kier molecular flexibility index (Phi) is 599. The Hall–Kier alpha value is 2.60. The van der Waals surface area contributed by atoms with Gasteiger partial charge in [-0.15, -0.1) is 0 Å². The van der Waals surface area contributed by atoms with E-state index in [0.717, 1.165) is 0 Å². The Labute approximate surface area is 92.9 Å². The van der Waals surface area contributed by atoms with Crippen LogP contribution in [-0.2, 0) is 44.4 Å². The molecule has 0 aromatic rings. The van der Waals surface area contributed by atoms with E-state index in [-0.39, 0.29) is 94.0 Å². The summed E-state index contributed by atoms with van der Waals surface area (Å²) in [6.07, 6.45) is 0. The minimum atomic E-state index is 0. The molecule has 0 aromatic carbocycles. The monoisotopic (exact) mass is 317 g/mol. The zero-order valence-corrected chi connectivity index (χ0v) is 10.5. The maximum Gasteiger partial charge on any atom is 2.00 e. The fraction of sp³-hybridized carbons (Fsp3) is 0. The van der Waals surface area contributed by atoms with E-state index >= 15 is 0 Å². The van der Waals surface area contributed by atoms with Gasteiger partial charge in [-0.3, -0.25) is 0 Å². The van der Waals surface area contributed by atoms with Crippen LogP contribution in [0.25, 0.3) is 0 Å². The van der Waals surface area contributed by atoms with Crippen molar-refractivity contribution in [2.45, 2.75) is 0 Å². The van der Waals surface area contributed by atoms with Crippen LogP contribution in [0.4, 0.5) is 0 Å². The molecule has 6 heteroatoms. The van der Waals surface area contributed by atoms with E-state index in [0.29, 0.717) is 0 Å². The fourth-order valence-corrected chi connectivity index (χ4v) is 0. The molecule has 0 amide bonds. The summed E-state index contributed by atoms with van der Waals surface area (Å²) in [6.45, 7) is 0. The van der Waals surface area contributed by atoms with Crippen molar-refractivity contribution in [1.82, 2.24) is 0 Å². The number of rotatable bonds is 0. The smallest absolute Gasteiger partial charge is 1.00 e. The van der Waals surface area contributed by atoms with Crippen LogP contribution in [0.5, 0.6) is 0 Å². The van der Waals surface area contributed by atoms with Crippen LogP contribution < -0.4 is 49.6 Å². The first kappa shape index (κ1) is 73.4. The van der Waals surface area contributed by atoms with Gasteiger partial charge in [-0.25, -0.2) is 0 Å². The van der Waals surface area contributed by atoms with Gasteiger partial charge in [-0.2, -0.15) is 0 Å². The zero-order chi connectivity index (χ0) is 0. The molecule has 0 N–H and O–H groups in total. The van der Waals surface area contributed by atoms with E-state index in [1.807, 2.05) is 0 Å². The summed E-state index contributed by atoms with van der Waals surface area (Å²) in [4.78, 5) is 0. The molecule has 0 rings (SSSR count). The second-order valence-corrected chi connectivity index (χ2v) is 0. The SMILES string of the molecule is [Cd+2].[Cl-].[Cl-].[Cl-].[Cl-].[Cu+2]. The Morgan fingerprint density at radius 1 is 0.500 bits per heavy atom. The average molecular weight is 318 g/mol. The van der Waals surface area contributed by atoms with E-state index < -0.39 is 0 Å². The van der Waals surface area contributed by atoms with Crippen LogP contribution in [-0.4, -0.2) is 0 Å². The van der Waals surface area contributed by atoms with Crippen molar-refractivity contribution in [2.75, 3.05) is 0 Å². The molecule has 0 fully saturated rings. The fourth-order valence-electron chi connectivity index (χ4n) is 0. The molecule has 0 atom stereocenters. The van der Waals surface area contributed by atoms with Crippen LogP contribution in [0.1, 0.15) is 0 Å². The predicted molar refractivity (Wildman–Crippen MR) is 0 cm³/mol. The molecule has 0 spiro atoms. The minimum Gasteiger partial charge on any atom is -1.00 e. The van der Waals surface area contributed by atoms with E-state index in [4.69, 9.17) is 0 Å². The molecule has 6 heavy (non-hydrogen) atoms. The van der Waals surface area contributed by atoms with Gasteiger partial charge in [-0.1, -0.05) is 0 Å². The van der Waals surface area contributed by atoms with Gasteiger partial charge in [0.25, 0.3) is 0 Å². The van der Waals surface area contributed by atoms with E-state index in [1.165, 1.54) is 0 Å². The van der Waals surface area contributed by atoms with Crippen molar-refractivity contribution in [3.8, 4) is 0 Å². The molecule has 0 aliphatic heterocycles. The molecule has 0 bridgehead atoms. The maximum absolute atomic E-state index is 0. The van der Waals surface area contributed by atoms with Crippen LogP contribution in [0.15, 0.2) is 0 Å². The van der Waals surface area contributed by atoms with Gasteiger partial charge in [0.1, 0.15) is 0 Å². The van der Waals surface area contributed by atoms with Crippen LogP contribution in [0.2, 0.25) is 0 Å². The largest absolute Gasteiger partial charge is 2.00 e.